The van der Waals surface area contributed by atoms with Crippen LogP contribution in [0.25, 0.3) is 11.2 Å². The predicted molar refractivity (Wildman–Crippen MR) is 83.6 cm³/mol. The smallest absolute Gasteiger partial charge is 0.169 e. The van der Waals surface area contributed by atoms with Gasteiger partial charge in [-0.05, 0) is 57.0 Å². The molecule has 1 aliphatic carbocycles. The quantitative estimate of drug-likeness (QED) is 0.607. The van der Waals surface area contributed by atoms with E-state index < -0.39 is 0 Å². The summed E-state index contributed by atoms with van der Waals surface area (Å²) in [5, 5.41) is 3.15. The van der Waals surface area contributed by atoms with Crippen LogP contribution >= 0.6 is 0 Å². The van der Waals surface area contributed by atoms with Crippen LogP contribution in [0.15, 0.2) is 34.8 Å². The summed E-state index contributed by atoms with van der Waals surface area (Å²) in [7, 11) is 2.02. The van der Waals surface area contributed by atoms with E-state index in [1.807, 2.05) is 32.2 Å². The monoisotopic (exact) mass is 275 g/mol. The number of furan rings is 2. The highest BCUT2D eigenvalue weighted by molar-refractivity contribution is 5.69. The molecule has 0 radical (unpaired) electrons. The number of ether oxygens (including phenoxy) is 1. The zero-order chi connectivity index (χ0) is 14.4. The number of hydrogen-bond acceptors (Lipinski definition) is 3. The molecule has 1 aliphatic rings. The third kappa shape index (κ3) is 4.89. The summed E-state index contributed by atoms with van der Waals surface area (Å²) >= 11 is 0. The van der Waals surface area contributed by atoms with Crippen LogP contribution in [-0.4, -0.2) is 20.2 Å². The normalized spacial score (nSPS) is 14.1. The van der Waals surface area contributed by atoms with Gasteiger partial charge < -0.3 is 14.5 Å². The first-order valence-corrected chi connectivity index (χ1v) is 7.42. The van der Waals surface area contributed by atoms with Crippen molar-refractivity contribution in [1.82, 2.24) is 5.32 Å². The molecule has 0 amide bonds. The molecule has 0 aliphatic heterocycles. The summed E-state index contributed by atoms with van der Waals surface area (Å²) < 4.78 is 10.7. The summed E-state index contributed by atoms with van der Waals surface area (Å²) in [5.74, 6) is 1.93. The number of fused-ring (bicyclic) bond motifs is 2. The fourth-order valence-corrected chi connectivity index (χ4v) is 2.05. The van der Waals surface area contributed by atoms with Crippen molar-refractivity contribution >= 4 is 11.2 Å². The maximum atomic E-state index is 5.43. The Kier molecular flexibility index (Phi) is 5.48. The minimum Gasteiger partial charge on any atom is -0.485 e. The van der Waals surface area contributed by atoms with Crippen LogP contribution in [0, 0.1) is 5.92 Å². The lowest BCUT2D eigenvalue weighted by Gasteiger charge is -2.01. The van der Waals surface area contributed by atoms with Gasteiger partial charge in [-0.15, -0.1) is 0 Å². The zero-order valence-electron chi connectivity index (χ0n) is 12.6. The van der Waals surface area contributed by atoms with E-state index in [0.29, 0.717) is 6.61 Å². The Hall–Kier alpha value is -1.48. The van der Waals surface area contributed by atoms with Crippen molar-refractivity contribution in [2.45, 2.75) is 32.6 Å². The summed E-state index contributed by atoms with van der Waals surface area (Å²) in [6.07, 6.45) is 5.84. The van der Waals surface area contributed by atoms with E-state index >= 15 is 0 Å². The Labute approximate surface area is 121 Å². The summed E-state index contributed by atoms with van der Waals surface area (Å²) in [6, 6.07) is 5.71. The maximum absolute atomic E-state index is 5.43. The molecule has 2 aromatic rings. The zero-order valence-corrected chi connectivity index (χ0v) is 12.6. The summed E-state index contributed by atoms with van der Waals surface area (Å²) in [5.41, 5.74) is 2.68. The molecule has 2 bridgehead atoms. The first-order valence-electron chi connectivity index (χ1n) is 7.42. The van der Waals surface area contributed by atoms with Gasteiger partial charge in [0.1, 0.15) is 12.2 Å². The Bertz CT molecular complexity index is 513. The molecule has 2 aromatic heterocycles. The van der Waals surface area contributed by atoms with Gasteiger partial charge in [0.25, 0.3) is 0 Å². The van der Waals surface area contributed by atoms with Crippen molar-refractivity contribution in [1.29, 1.82) is 0 Å². The Morgan fingerprint density at radius 1 is 1.45 bits per heavy atom. The lowest BCUT2D eigenvalue weighted by atomic mass is 10.2. The van der Waals surface area contributed by atoms with E-state index in [4.69, 9.17) is 9.15 Å². The van der Waals surface area contributed by atoms with Crippen molar-refractivity contribution in [3.63, 3.8) is 0 Å². The molecule has 3 nitrogen and oxygen atoms in total. The van der Waals surface area contributed by atoms with E-state index in [9.17, 15) is 0 Å². The van der Waals surface area contributed by atoms with Crippen LogP contribution in [0.4, 0.5) is 0 Å². The molecule has 0 saturated heterocycles. The highest BCUT2D eigenvalue weighted by Gasteiger charge is 2.19. The number of nitrogens with one attached hydrogen (secondary N) is 1. The van der Waals surface area contributed by atoms with Crippen LogP contribution in [0.3, 0.4) is 0 Å². The van der Waals surface area contributed by atoms with Gasteiger partial charge in [-0.25, -0.2) is 0 Å². The number of benzene rings is 1. The Morgan fingerprint density at radius 2 is 2.25 bits per heavy atom. The highest BCUT2D eigenvalue weighted by Crippen LogP contribution is 2.33. The van der Waals surface area contributed by atoms with E-state index in [1.54, 1.807) is 0 Å². The van der Waals surface area contributed by atoms with Crippen molar-refractivity contribution in [2.24, 2.45) is 5.92 Å². The third-order valence-corrected chi connectivity index (χ3v) is 3.35. The van der Waals surface area contributed by atoms with Crippen molar-refractivity contribution in [2.75, 3.05) is 20.2 Å². The van der Waals surface area contributed by atoms with Gasteiger partial charge in [0.2, 0.25) is 0 Å². The van der Waals surface area contributed by atoms with Crippen molar-refractivity contribution in [3.05, 3.63) is 30.4 Å². The molecular weight excluding hydrogens is 250 g/mol. The first-order chi connectivity index (χ1) is 9.69. The average molecular weight is 275 g/mol. The molecule has 1 saturated carbocycles. The molecule has 110 valence electrons. The highest BCUT2D eigenvalue weighted by atomic mass is 16.5. The summed E-state index contributed by atoms with van der Waals surface area (Å²) in [4.78, 5) is 0. The molecular formula is C17H25NO2. The van der Waals surface area contributed by atoms with Crippen molar-refractivity contribution in [3.8, 4) is 5.75 Å². The second-order valence-electron chi connectivity index (χ2n) is 5.65. The fraction of sp³-hybridized carbons (Fsp3) is 0.529. The van der Waals surface area contributed by atoms with E-state index in [0.717, 1.165) is 28.4 Å². The molecule has 20 heavy (non-hydrogen) atoms. The molecule has 2 heterocycles. The van der Waals surface area contributed by atoms with E-state index in [-0.39, 0.29) is 0 Å². The molecule has 0 aromatic carbocycles. The van der Waals surface area contributed by atoms with Gasteiger partial charge in [0.05, 0.1) is 0 Å². The second kappa shape index (κ2) is 7.34. The maximum Gasteiger partial charge on any atom is 0.169 e. The number of hydrogen-bond donors (Lipinski definition) is 1. The molecule has 1 fully saturated rings. The lowest BCUT2D eigenvalue weighted by molar-refractivity contribution is 0.355. The fourth-order valence-electron chi connectivity index (χ4n) is 2.05. The van der Waals surface area contributed by atoms with Gasteiger partial charge in [-0.3, -0.25) is 0 Å². The molecule has 0 spiro atoms. The van der Waals surface area contributed by atoms with Crippen LogP contribution in [0.5, 0.6) is 5.75 Å². The average Bonchev–Trinajstić information content (AvgIpc) is 3.01. The van der Waals surface area contributed by atoms with E-state index in [2.05, 4.69) is 11.9 Å². The predicted octanol–water partition coefficient (Wildman–Crippen LogP) is 4.22. The molecule has 1 N–H and O–H groups in total. The Morgan fingerprint density at radius 3 is 2.75 bits per heavy atom. The molecule has 3 rings (SSSR count). The topological polar surface area (TPSA) is 34.4 Å². The lowest BCUT2D eigenvalue weighted by Crippen LogP contribution is -2.07. The minimum absolute atomic E-state index is 0.555. The van der Waals surface area contributed by atoms with Gasteiger partial charge in [0.15, 0.2) is 11.3 Å². The van der Waals surface area contributed by atoms with E-state index in [1.165, 1.54) is 32.2 Å². The third-order valence-electron chi connectivity index (χ3n) is 3.35. The second-order valence-corrected chi connectivity index (χ2v) is 5.65. The Balaban J connectivity index is 0.000000160. The van der Waals surface area contributed by atoms with Crippen LogP contribution in [-0.2, 0) is 0 Å². The van der Waals surface area contributed by atoms with Crippen LogP contribution < -0.4 is 10.1 Å². The molecule has 0 atom stereocenters. The van der Waals surface area contributed by atoms with Gasteiger partial charge >= 0.3 is 0 Å². The molecule has 0 unspecified atom stereocenters. The largest absolute Gasteiger partial charge is 0.485 e. The molecule has 3 heteroatoms. The SMILES string of the molecule is C=C(C)COc1cc2ccc1o2.CNCCCC1CC1. The van der Waals surface area contributed by atoms with Gasteiger partial charge in [-0.1, -0.05) is 19.4 Å². The van der Waals surface area contributed by atoms with Crippen molar-refractivity contribution < 1.29 is 9.15 Å². The number of rotatable bonds is 7. The summed E-state index contributed by atoms with van der Waals surface area (Å²) in [6.45, 7) is 7.44. The minimum atomic E-state index is 0.555. The van der Waals surface area contributed by atoms with Gasteiger partial charge in [-0.2, -0.15) is 0 Å². The standard InChI is InChI=1S/C10H10O2.C7H15N/c1-7(2)6-11-10-5-8-3-4-9(10)12-8;1-8-6-2-3-7-4-5-7/h3-5H,1,6H2,2H3;7-8H,2-6H2,1H3. The van der Waals surface area contributed by atoms with Crippen LogP contribution in [0.2, 0.25) is 0 Å². The van der Waals surface area contributed by atoms with Gasteiger partial charge in [0, 0.05) is 6.07 Å². The first kappa shape index (κ1) is 14.9. The van der Waals surface area contributed by atoms with Crippen LogP contribution in [0.1, 0.15) is 32.6 Å².